The highest BCUT2D eigenvalue weighted by molar-refractivity contribution is 5.70. The molecule has 204 valence electrons. The van der Waals surface area contributed by atoms with Gasteiger partial charge in [-0.3, -0.25) is 0 Å². The van der Waals surface area contributed by atoms with Gasteiger partial charge < -0.3 is 22.9 Å². The molecule has 0 bridgehead atoms. The lowest BCUT2D eigenvalue weighted by atomic mass is 9.97. The highest BCUT2D eigenvalue weighted by Gasteiger charge is 2.49. The second kappa shape index (κ2) is 9.23. The smallest absolute Gasteiger partial charge is 0.399 e. The van der Waals surface area contributed by atoms with Crippen LogP contribution in [0.5, 0.6) is 0 Å². The van der Waals surface area contributed by atoms with Crippen LogP contribution in [0.15, 0.2) is 18.2 Å². The van der Waals surface area contributed by atoms with Gasteiger partial charge in [0.1, 0.15) is 5.56 Å². The van der Waals surface area contributed by atoms with Gasteiger partial charge in [0.05, 0.1) is 27.9 Å². The van der Waals surface area contributed by atoms with Crippen molar-refractivity contribution in [1.29, 1.82) is 0 Å². The van der Waals surface area contributed by atoms with Crippen LogP contribution in [0.3, 0.4) is 0 Å². The van der Waals surface area contributed by atoms with Crippen LogP contribution in [0.4, 0.5) is 88.6 Å². The number of hydrogen-bond donors (Lipinski definition) is 4. The standard InChI is InChI=1S/C9H5F9N2.C8H6F6N2/c10-7(11,12)2-1-3(19)5(9(16,17)18)6(20)4(2)8(13,14)15;9-7(10,11)4-1-3(15)2-5(16)6(4)8(12,13)14/h1H,19-20H2;1-2H,15-16H2. The second-order valence-electron chi connectivity index (χ2n) is 6.70. The summed E-state index contributed by atoms with van der Waals surface area (Å²) >= 11 is 0. The van der Waals surface area contributed by atoms with Crippen LogP contribution in [0.2, 0.25) is 0 Å². The van der Waals surface area contributed by atoms with E-state index in [-0.39, 0.29) is 6.07 Å². The third-order valence-electron chi connectivity index (χ3n) is 4.05. The summed E-state index contributed by atoms with van der Waals surface area (Å²) in [7, 11) is 0. The molecule has 0 amide bonds. The number of halogens is 15. The monoisotopic (exact) mass is 556 g/mol. The maximum atomic E-state index is 12.6. The maximum Gasteiger partial charge on any atom is 0.420 e. The Labute approximate surface area is 189 Å². The Morgan fingerprint density at radius 2 is 0.722 bits per heavy atom. The molecule has 2 rings (SSSR count). The number of anilines is 4. The normalized spacial score (nSPS) is 13.3. The van der Waals surface area contributed by atoms with Crippen molar-refractivity contribution in [2.24, 2.45) is 0 Å². The fourth-order valence-corrected chi connectivity index (χ4v) is 2.80. The van der Waals surface area contributed by atoms with E-state index in [0.29, 0.717) is 6.07 Å². The van der Waals surface area contributed by atoms with Gasteiger partial charge >= 0.3 is 30.9 Å². The maximum absolute atomic E-state index is 12.6. The van der Waals surface area contributed by atoms with E-state index < -0.39 is 87.5 Å². The first-order chi connectivity index (χ1) is 15.7. The average Bonchev–Trinajstić information content (AvgIpc) is 2.55. The fourth-order valence-electron chi connectivity index (χ4n) is 2.80. The summed E-state index contributed by atoms with van der Waals surface area (Å²) in [4.78, 5) is 0. The first-order valence-electron chi connectivity index (χ1n) is 8.47. The Morgan fingerprint density at radius 1 is 0.389 bits per heavy atom. The van der Waals surface area contributed by atoms with Crippen molar-refractivity contribution in [1.82, 2.24) is 0 Å². The number of alkyl halides is 15. The molecular weight excluding hydrogens is 545 g/mol. The quantitative estimate of drug-likeness (QED) is 0.212. The zero-order valence-corrected chi connectivity index (χ0v) is 16.7. The SMILES string of the molecule is Nc1cc(C(F)(F)F)c(C(F)(F)F)c(N)c1C(F)(F)F.Nc1cc(N)c(C(F)(F)F)c(C(F)(F)F)c1. The van der Waals surface area contributed by atoms with Gasteiger partial charge in [0.15, 0.2) is 0 Å². The highest BCUT2D eigenvalue weighted by atomic mass is 19.4. The van der Waals surface area contributed by atoms with Crippen LogP contribution >= 0.6 is 0 Å². The van der Waals surface area contributed by atoms with Crippen molar-refractivity contribution in [2.75, 3.05) is 22.9 Å². The van der Waals surface area contributed by atoms with Crippen LogP contribution in [-0.2, 0) is 30.9 Å². The molecule has 4 nitrogen and oxygen atoms in total. The van der Waals surface area contributed by atoms with Crippen LogP contribution in [0, 0.1) is 0 Å². The fraction of sp³-hybridized carbons (Fsp3) is 0.294. The van der Waals surface area contributed by atoms with Gasteiger partial charge in [0.2, 0.25) is 0 Å². The Morgan fingerprint density at radius 3 is 1.06 bits per heavy atom. The molecule has 0 aromatic heterocycles. The summed E-state index contributed by atoms with van der Waals surface area (Å²) < 4.78 is 187. The molecule has 0 saturated carbocycles. The summed E-state index contributed by atoms with van der Waals surface area (Å²) in [5.74, 6) is 0. The van der Waals surface area contributed by atoms with Gasteiger partial charge in [-0.2, -0.15) is 65.9 Å². The van der Waals surface area contributed by atoms with Crippen molar-refractivity contribution < 1.29 is 65.9 Å². The van der Waals surface area contributed by atoms with E-state index >= 15 is 0 Å². The minimum absolute atomic E-state index is 0.208. The van der Waals surface area contributed by atoms with Crippen LogP contribution < -0.4 is 22.9 Å². The Bertz CT molecular complexity index is 1110. The van der Waals surface area contributed by atoms with Crippen LogP contribution in [0.1, 0.15) is 27.8 Å². The Kier molecular flexibility index (Phi) is 7.85. The molecule has 0 aliphatic heterocycles. The molecular formula is C17H11F15N4. The van der Waals surface area contributed by atoms with Crippen molar-refractivity contribution >= 4 is 22.7 Å². The first kappa shape index (κ1) is 30.6. The minimum Gasteiger partial charge on any atom is -0.399 e. The molecule has 36 heavy (non-hydrogen) atoms. The second-order valence-corrected chi connectivity index (χ2v) is 6.70. The van der Waals surface area contributed by atoms with Gasteiger partial charge in [-0.25, -0.2) is 0 Å². The van der Waals surface area contributed by atoms with E-state index in [9.17, 15) is 65.9 Å². The number of benzene rings is 2. The topological polar surface area (TPSA) is 104 Å². The van der Waals surface area contributed by atoms with Gasteiger partial charge in [-0.15, -0.1) is 0 Å². The van der Waals surface area contributed by atoms with Gasteiger partial charge in [0.25, 0.3) is 0 Å². The van der Waals surface area contributed by atoms with Crippen LogP contribution in [-0.4, -0.2) is 0 Å². The summed E-state index contributed by atoms with van der Waals surface area (Å²) in [6.45, 7) is 0. The van der Waals surface area contributed by atoms with Crippen LogP contribution in [0.25, 0.3) is 0 Å². The van der Waals surface area contributed by atoms with Gasteiger partial charge in [-0.05, 0) is 18.2 Å². The van der Waals surface area contributed by atoms with Crippen molar-refractivity contribution in [3.8, 4) is 0 Å². The number of hydrogen-bond acceptors (Lipinski definition) is 4. The van der Waals surface area contributed by atoms with Crippen molar-refractivity contribution in [3.63, 3.8) is 0 Å². The molecule has 2 aromatic rings. The van der Waals surface area contributed by atoms with E-state index in [4.69, 9.17) is 17.2 Å². The molecule has 0 atom stereocenters. The van der Waals surface area contributed by atoms with Crippen molar-refractivity contribution in [2.45, 2.75) is 30.9 Å². The molecule has 0 aliphatic rings. The highest BCUT2D eigenvalue weighted by Crippen LogP contribution is 2.49. The predicted molar refractivity (Wildman–Crippen MR) is 95.5 cm³/mol. The number of nitrogen functional groups attached to an aromatic ring is 4. The minimum atomic E-state index is -5.72. The third kappa shape index (κ3) is 6.84. The lowest BCUT2D eigenvalue weighted by Gasteiger charge is -2.22. The summed E-state index contributed by atoms with van der Waals surface area (Å²) in [5, 5.41) is 0. The van der Waals surface area contributed by atoms with E-state index in [1.165, 1.54) is 0 Å². The molecule has 0 unspecified atom stereocenters. The molecule has 0 heterocycles. The lowest BCUT2D eigenvalue weighted by Crippen LogP contribution is -2.23. The molecule has 0 fully saturated rings. The zero-order valence-electron chi connectivity index (χ0n) is 16.7. The lowest BCUT2D eigenvalue weighted by molar-refractivity contribution is -0.162. The van der Waals surface area contributed by atoms with Gasteiger partial charge in [0, 0.05) is 17.1 Å². The first-order valence-corrected chi connectivity index (χ1v) is 8.47. The summed E-state index contributed by atoms with van der Waals surface area (Å²) in [5.41, 5.74) is 3.26. The Hall–Kier alpha value is -3.41. The number of rotatable bonds is 0. The van der Waals surface area contributed by atoms with E-state index in [1.807, 2.05) is 0 Å². The predicted octanol–water partition coefficient (Wildman–Crippen LogP) is 6.80. The largest absolute Gasteiger partial charge is 0.420 e. The molecule has 19 heteroatoms. The zero-order chi connectivity index (χ0) is 28.8. The Balaban J connectivity index is 0.000000369. The summed E-state index contributed by atoms with van der Waals surface area (Å²) in [6, 6.07) is 0.416. The molecule has 2 aromatic carbocycles. The molecule has 0 radical (unpaired) electrons. The molecule has 0 spiro atoms. The summed E-state index contributed by atoms with van der Waals surface area (Å²) in [6.07, 6.45) is -27.0. The molecule has 8 N–H and O–H groups in total. The van der Waals surface area contributed by atoms with Crippen molar-refractivity contribution in [3.05, 3.63) is 46.0 Å². The molecule has 0 aliphatic carbocycles. The van der Waals surface area contributed by atoms with E-state index in [2.05, 4.69) is 5.73 Å². The molecule has 0 saturated heterocycles. The van der Waals surface area contributed by atoms with Gasteiger partial charge in [-0.1, -0.05) is 0 Å². The van der Waals surface area contributed by atoms with E-state index in [1.54, 1.807) is 0 Å². The average molecular weight is 556 g/mol. The number of nitrogens with two attached hydrogens (primary N) is 4. The third-order valence-corrected chi connectivity index (χ3v) is 4.05. The van der Waals surface area contributed by atoms with E-state index in [0.717, 1.165) is 0 Å².